The lowest BCUT2D eigenvalue weighted by molar-refractivity contribution is -0.147. The largest absolute Gasteiger partial charge is 0.355 e. The Morgan fingerprint density at radius 2 is 1.95 bits per heavy atom. The van der Waals surface area contributed by atoms with Crippen LogP contribution in [0, 0.1) is 11.8 Å². The molecule has 0 aromatic carbocycles. The van der Waals surface area contributed by atoms with Crippen molar-refractivity contribution in [2.24, 2.45) is 11.8 Å². The van der Waals surface area contributed by atoms with Gasteiger partial charge in [0.05, 0.1) is 0 Å². The number of hydrogen-bond donors (Lipinski definition) is 2. The predicted octanol–water partition coefficient (Wildman–Crippen LogP) is 0.397. The van der Waals surface area contributed by atoms with Crippen LogP contribution >= 0.6 is 0 Å². The smallest absolute Gasteiger partial charge is 0.331 e. The lowest BCUT2D eigenvalue weighted by Gasteiger charge is -2.32. The molecule has 1 aliphatic carbocycles. The minimum atomic E-state index is -0.829. The van der Waals surface area contributed by atoms with E-state index in [-0.39, 0.29) is 18.4 Å². The summed E-state index contributed by atoms with van der Waals surface area (Å²) in [6.07, 6.45) is 4.39. The van der Waals surface area contributed by atoms with E-state index in [1.54, 1.807) is 0 Å². The predicted molar refractivity (Wildman–Crippen MR) is 74.0 cm³/mol. The number of urea groups is 1. The summed E-state index contributed by atoms with van der Waals surface area (Å²) in [6.45, 7) is 2.07. The summed E-state index contributed by atoms with van der Waals surface area (Å²) < 4.78 is 0. The lowest BCUT2D eigenvalue weighted by Crippen LogP contribution is -2.61. The van der Waals surface area contributed by atoms with Crippen molar-refractivity contribution in [1.82, 2.24) is 15.5 Å². The van der Waals surface area contributed by atoms with Crippen LogP contribution < -0.4 is 10.6 Å². The normalized spacial score (nSPS) is 23.4. The molecule has 0 radical (unpaired) electrons. The van der Waals surface area contributed by atoms with Crippen LogP contribution in [0.4, 0.5) is 4.79 Å². The summed E-state index contributed by atoms with van der Waals surface area (Å²) in [4.78, 5) is 48.7. The van der Waals surface area contributed by atoms with Crippen molar-refractivity contribution in [3.8, 4) is 0 Å². The number of carbonyl (C=O) groups excluding carboxylic acids is 4. The number of nitrogens with one attached hydrogen (secondary N) is 2. The van der Waals surface area contributed by atoms with Gasteiger partial charge in [-0.25, -0.2) is 4.79 Å². The Morgan fingerprint density at radius 1 is 1.29 bits per heavy atom. The van der Waals surface area contributed by atoms with Gasteiger partial charge in [-0.05, 0) is 25.2 Å². The van der Waals surface area contributed by atoms with Gasteiger partial charge >= 0.3 is 6.03 Å². The van der Waals surface area contributed by atoms with Crippen LogP contribution in [0.3, 0.4) is 0 Å². The van der Waals surface area contributed by atoms with E-state index in [9.17, 15) is 19.2 Å². The highest BCUT2D eigenvalue weighted by Gasteiger charge is 2.45. The van der Waals surface area contributed by atoms with E-state index in [1.807, 2.05) is 6.92 Å². The third kappa shape index (κ3) is 3.40. The zero-order valence-corrected chi connectivity index (χ0v) is 12.2. The second-order valence-corrected chi connectivity index (χ2v) is 5.59. The van der Waals surface area contributed by atoms with Crippen molar-refractivity contribution >= 4 is 23.8 Å². The Hall–Kier alpha value is -1.92. The molecule has 7 heteroatoms. The van der Waals surface area contributed by atoms with Gasteiger partial charge < -0.3 is 5.32 Å². The first-order valence-electron chi connectivity index (χ1n) is 7.47. The van der Waals surface area contributed by atoms with Crippen molar-refractivity contribution in [1.29, 1.82) is 0 Å². The first-order chi connectivity index (χ1) is 10.0. The standard InChI is InChI=1S/C14H21N3O4/c1-2-7-15-10(18)8-17-13(20)11(9-5-3-4-6-9)12(19)16-14(17)21/h9,11H,2-8H2,1H3,(H,15,18)(H,16,19,21). The number of rotatable bonds is 5. The van der Waals surface area contributed by atoms with E-state index in [1.165, 1.54) is 0 Å². The first-order valence-corrected chi connectivity index (χ1v) is 7.47. The molecule has 0 aromatic heterocycles. The third-order valence-corrected chi connectivity index (χ3v) is 4.03. The Bertz CT molecular complexity index is 457. The molecular formula is C14H21N3O4. The molecule has 5 amide bonds. The van der Waals surface area contributed by atoms with Crippen LogP contribution in [-0.4, -0.2) is 41.7 Å². The number of hydrogen-bond acceptors (Lipinski definition) is 4. The Balaban J connectivity index is 2.05. The van der Waals surface area contributed by atoms with Crippen molar-refractivity contribution in [3.05, 3.63) is 0 Å². The van der Waals surface area contributed by atoms with Crippen LogP contribution in [0.1, 0.15) is 39.0 Å². The highest BCUT2D eigenvalue weighted by atomic mass is 16.2. The maximum atomic E-state index is 12.4. The van der Waals surface area contributed by atoms with Crippen molar-refractivity contribution < 1.29 is 19.2 Å². The molecular weight excluding hydrogens is 274 g/mol. The SMILES string of the molecule is CCCNC(=O)CN1C(=O)NC(=O)C(C2CCCC2)C1=O. The summed E-state index contributed by atoms with van der Waals surface area (Å²) in [5.41, 5.74) is 0. The van der Waals surface area contributed by atoms with Gasteiger partial charge in [0.1, 0.15) is 12.5 Å². The molecule has 21 heavy (non-hydrogen) atoms. The van der Waals surface area contributed by atoms with Crippen LogP contribution in [0.15, 0.2) is 0 Å². The third-order valence-electron chi connectivity index (χ3n) is 4.03. The zero-order chi connectivity index (χ0) is 15.4. The number of nitrogens with zero attached hydrogens (tertiary/aromatic N) is 1. The van der Waals surface area contributed by atoms with Crippen LogP contribution in [0.25, 0.3) is 0 Å². The van der Waals surface area contributed by atoms with Crippen LogP contribution in [0.5, 0.6) is 0 Å². The summed E-state index contributed by atoms with van der Waals surface area (Å²) >= 11 is 0. The highest BCUT2D eigenvalue weighted by molar-refractivity contribution is 6.17. The van der Waals surface area contributed by atoms with Gasteiger partial charge in [-0.1, -0.05) is 19.8 Å². The summed E-state index contributed by atoms with van der Waals surface area (Å²) in [5.74, 6) is -2.31. The highest BCUT2D eigenvalue weighted by Crippen LogP contribution is 2.33. The van der Waals surface area contributed by atoms with Gasteiger partial charge in [-0.3, -0.25) is 24.6 Å². The summed E-state index contributed by atoms with van der Waals surface area (Å²) in [7, 11) is 0. The molecule has 2 fully saturated rings. The molecule has 1 atom stereocenters. The molecule has 0 aromatic rings. The number of amides is 5. The van der Waals surface area contributed by atoms with Gasteiger partial charge in [0.2, 0.25) is 17.7 Å². The fourth-order valence-corrected chi connectivity index (χ4v) is 2.95. The Kier molecular flexibility index (Phi) is 4.93. The number of carbonyl (C=O) groups is 4. The second-order valence-electron chi connectivity index (χ2n) is 5.59. The Morgan fingerprint density at radius 3 is 2.57 bits per heavy atom. The molecule has 116 valence electrons. The van der Waals surface area contributed by atoms with Gasteiger partial charge in [0, 0.05) is 6.54 Å². The Labute approximate surface area is 123 Å². The molecule has 1 heterocycles. The average Bonchev–Trinajstić information content (AvgIpc) is 2.94. The molecule has 2 rings (SSSR count). The molecule has 1 saturated carbocycles. The molecule has 7 nitrogen and oxygen atoms in total. The molecule has 1 unspecified atom stereocenters. The minimum Gasteiger partial charge on any atom is -0.355 e. The van der Waals surface area contributed by atoms with E-state index in [0.29, 0.717) is 6.54 Å². The monoisotopic (exact) mass is 295 g/mol. The zero-order valence-electron chi connectivity index (χ0n) is 12.2. The van der Waals surface area contributed by atoms with Crippen LogP contribution in [-0.2, 0) is 14.4 Å². The van der Waals surface area contributed by atoms with E-state index in [4.69, 9.17) is 0 Å². The molecule has 0 spiro atoms. The molecule has 2 N–H and O–H groups in total. The number of imide groups is 2. The molecule has 2 aliphatic rings. The quantitative estimate of drug-likeness (QED) is 0.718. The first kappa shape index (κ1) is 15.5. The number of barbiturate groups is 1. The maximum Gasteiger partial charge on any atom is 0.331 e. The second kappa shape index (κ2) is 6.69. The fourth-order valence-electron chi connectivity index (χ4n) is 2.95. The fraction of sp³-hybridized carbons (Fsp3) is 0.714. The van der Waals surface area contributed by atoms with Gasteiger partial charge in [-0.2, -0.15) is 0 Å². The van der Waals surface area contributed by atoms with Crippen molar-refractivity contribution in [2.45, 2.75) is 39.0 Å². The molecule has 0 bridgehead atoms. The summed E-state index contributed by atoms with van der Waals surface area (Å²) in [6, 6.07) is -0.800. The molecule has 1 aliphatic heterocycles. The summed E-state index contributed by atoms with van der Waals surface area (Å²) in [5, 5.41) is 4.81. The maximum absolute atomic E-state index is 12.4. The van der Waals surface area contributed by atoms with Crippen LogP contribution in [0.2, 0.25) is 0 Å². The lowest BCUT2D eigenvalue weighted by atomic mass is 9.87. The van der Waals surface area contributed by atoms with E-state index >= 15 is 0 Å². The van der Waals surface area contributed by atoms with Gasteiger partial charge in [-0.15, -0.1) is 0 Å². The van der Waals surface area contributed by atoms with Crippen molar-refractivity contribution in [3.63, 3.8) is 0 Å². The topological polar surface area (TPSA) is 95.6 Å². The van der Waals surface area contributed by atoms with E-state index in [0.717, 1.165) is 37.0 Å². The van der Waals surface area contributed by atoms with Gasteiger partial charge in [0.15, 0.2) is 0 Å². The van der Waals surface area contributed by atoms with Gasteiger partial charge in [0.25, 0.3) is 0 Å². The molecule has 1 saturated heterocycles. The van der Waals surface area contributed by atoms with E-state index in [2.05, 4.69) is 10.6 Å². The van der Waals surface area contributed by atoms with Crippen molar-refractivity contribution in [2.75, 3.05) is 13.1 Å². The minimum absolute atomic E-state index is 0.0215. The average molecular weight is 295 g/mol. The van der Waals surface area contributed by atoms with E-state index < -0.39 is 23.8 Å².